The summed E-state index contributed by atoms with van der Waals surface area (Å²) in [5, 5.41) is 0.990. The number of rotatable bonds is 3. The number of H-pyrrole nitrogens is 1. The zero-order valence-corrected chi connectivity index (χ0v) is 10.3. The van der Waals surface area contributed by atoms with Crippen LogP contribution in [0.15, 0.2) is 29.1 Å². The third kappa shape index (κ3) is 2.78. The summed E-state index contributed by atoms with van der Waals surface area (Å²) in [6.07, 6.45) is 0.595. The summed E-state index contributed by atoms with van der Waals surface area (Å²) in [6, 6.07) is 7.47. The molecule has 1 aromatic carbocycles. The molecule has 2 aromatic rings. The number of nitrogens with one attached hydrogen (secondary N) is 1. The molecule has 0 fully saturated rings. The largest absolute Gasteiger partial charge is 0.497 e. The van der Waals surface area contributed by atoms with Crippen LogP contribution in [-0.2, 0) is 6.42 Å². The number of ether oxygens (including phenoxy) is 1. The summed E-state index contributed by atoms with van der Waals surface area (Å²) in [4.78, 5) is 14.5. The van der Waals surface area contributed by atoms with Gasteiger partial charge in [-0.15, -0.1) is 12.4 Å². The maximum Gasteiger partial charge on any atom is 0.251 e. The standard InChI is InChI=1S/C12H14N2O2.ClH/c1-16-10-3-2-8-6-9(4-5-13)12(15)14-11(8)7-10;/h2-3,6-7H,4-5,13H2,1H3,(H,14,15);1H. The van der Waals surface area contributed by atoms with Gasteiger partial charge >= 0.3 is 0 Å². The van der Waals surface area contributed by atoms with Crippen LogP contribution in [0.2, 0.25) is 0 Å². The van der Waals surface area contributed by atoms with Crippen LogP contribution in [0.1, 0.15) is 5.56 Å². The molecule has 5 heteroatoms. The predicted molar refractivity (Wildman–Crippen MR) is 71.1 cm³/mol. The molecule has 0 atom stereocenters. The first-order valence-electron chi connectivity index (χ1n) is 5.14. The van der Waals surface area contributed by atoms with Crippen LogP contribution in [0.4, 0.5) is 0 Å². The first-order valence-corrected chi connectivity index (χ1v) is 5.14. The molecule has 17 heavy (non-hydrogen) atoms. The van der Waals surface area contributed by atoms with E-state index in [-0.39, 0.29) is 18.0 Å². The van der Waals surface area contributed by atoms with E-state index in [0.29, 0.717) is 13.0 Å². The molecule has 0 unspecified atom stereocenters. The maximum absolute atomic E-state index is 11.7. The molecule has 0 saturated heterocycles. The Labute approximate surface area is 105 Å². The lowest BCUT2D eigenvalue weighted by atomic mass is 10.1. The van der Waals surface area contributed by atoms with Crippen molar-refractivity contribution >= 4 is 23.3 Å². The van der Waals surface area contributed by atoms with E-state index in [9.17, 15) is 4.79 Å². The van der Waals surface area contributed by atoms with E-state index < -0.39 is 0 Å². The lowest BCUT2D eigenvalue weighted by Gasteiger charge is -2.04. The molecular formula is C12H15ClN2O2. The molecule has 2 rings (SSSR count). The van der Waals surface area contributed by atoms with Crippen LogP contribution < -0.4 is 16.0 Å². The van der Waals surface area contributed by atoms with E-state index in [1.165, 1.54) is 0 Å². The second-order valence-corrected chi connectivity index (χ2v) is 3.62. The number of methoxy groups -OCH3 is 1. The summed E-state index contributed by atoms with van der Waals surface area (Å²) in [6.45, 7) is 0.477. The highest BCUT2D eigenvalue weighted by atomic mass is 35.5. The molecule has 4 nitrogen and oxygen atoms in total. The number of pyridine rings is 1. The van der Waals surface area contributed by atoms with Crippen molar-refractivity contribution in [2.45, 2.75) is 6.42 Å². The number of fused-ring (bicyclic) bond motifs is 1. The van der Waals surface area contributed by atoms with Crippen molar-refractivity contribution in [2.75, 3.05) is 13.7 Å². The van der Waals surface area contributed by atoms with Crippen LogP contribution >= 0.6 is 12.4 Å². The van der Waals surface area contributed by atoms with Gasteiger partial charge in [-0.3, -0.25) is 4.79 Å². The second kappa shape index (κ2) is 5.70. The molecule has 3 N–H and O–H groups in total. The number of nitrogens with two attached hydrogens (primary N) is 1. The summed E-state index contributed by atoms with van der Waals surface area (Å²) >= 11 is 0. The minimum Gasteiger partial charge on any atom is -0.497 e. The van der Waals surface area contributed by atoms with E-state index in [1.807, 2.05) is 24.3 Å². The number of hydrogen-bond acceptors (Lipinski definition) is 3. The smallest absolute Gasteiger partial charge is 0.251 e. The molecule has 0 aliphatic heterocycles. The fraction of sp³-hybridized carbons (Fsp3) is 0.250. The highest BCUT2D eigenvalue weighted by molar-refractivity contribution is 5.85. The van der Waals surface area contributed by atoms with Crippen molar-refractivity contribution in [1.29, 1.82) is 0 Å². The minimum absolute atomic E-state index is 0. The van der Waals surface area contributed by atoms with Gasteiger partial charge in [0.05, 0.1) is 12.6 Å². The van der Waals surface area contributed by atoms with E-state index in [0.717, 1.165) is 22.2 Å². The first kappa shape index (κ1) is 13.5. The van der Waals surface area contributed by atoms with Crippen LogP contribution in [0, 0.1) is 0 Å². The van der Waals surface area contributed by atoms with Gasteiger partial charge in [0.2, 0.25) is 0 Å². The molecule has 92 valence electrons. The van der Waals surface area contributed by atoms with Gasteiger partial charge in [0.15, 0.2) is 0 Å². The Morgan fingerprint density at radius 1 is 1.35 bits per heavy atom. The summed E-state index contributed by atoms with van der Waals surface area (Å²) in [5.74, 6) is 0.731. The molecule has 0 aliphatic carbocycles. The summed E-state index contributed by atoms with van der Waals surface area (Å²) in [7, 11) is 1.60. The number of halogens is 1. The first-order chi connectivity index (χ1) is 7.74. The van der Waals surface area contributed by atoms with Gasteiger partial charge in [-0.1, -0.05) is 0 Å². The fourth-order valence-corrected chi connectivity index (χ4v) is 1.69. The topological polar surface area (TPSA) is 68.1 Å². The van der Waals surface area contributed by atoms with Gasteiger partial charge in [0.25, 0.3) is 5.56 Å². The molecule has 0 amide bonds. The Morgan fingerprint density at radius 3 is 2.76 bits per heavy atom. The Kier molecular flexibility index (Phi) is 4.54. The zero-order chi connectivity index (χ0) is 11.5. The van der Waals surface area contributed by atoms with Crippen LogP contribution in [0.3, 0.4) is 0 Å². The number of benzene rings is 1. The Bertz CT molecular complexity index is 566. The van der Waals surface area contributed by atoms with Crippen LogP contribution in [-0.4, -0.2) is 18.6 Å². The van der Waals surface area contributed by atoms with Gasteiger partial charge in [0.1, 0.15) is 5.75 Å². The van der Waals surface area contributed by atoms with E-state index in [4.69, 9.17) is 10.5 Å². The normalized spacial score (nSPS) is 10.0. The number of hydrogen-bond donors (Lipinski definition) is 2. The van der Waals surface area contributed by atoms with E-state index in [1.54, 1.807) is 7.11 Å². The molecule has 0 saturated carbocycles. The Morgan fingerprint density at radius 2 is 2.12 bits per heavy atom. The number of aromatic amines is 1. The maximum atomic E-state index is 11.7. The van der Waals surface area contributed by atoms with Crippen molar-refractivity contribution < 1.29 is 4.74 Å². The average molecular weight is 255 g/mol. The fourth-order valence-electron chi connectivity index (χ4n) is 1.69. The van der Waals surface area contributed by atoms with Gasteiger partial charge in [-0.25, -0.2) is 0 Å². The SMILES string of the molecule is COc1ccc2cc(CCN)c(=O)[nH]c2c1.Cl. The molecule has 0 radical (unpaired) electrons. The van der Waals surface area contributed by atoms with Crippen LogP contribution in [0.25, 0.3) is 10.9 Å². The lowest BCUT2D eigenvalue weighted by molar-refractivity contribution is 0.415. The zero-order valence-electron chi connectivity index (χ0n) is 9.53. The van der Waals surface area contributed by atoms with Gasteiger partial charge in [-0.05, 0) is 36.6 Å². The van der Waals surface area contributed by atoms with Crippen molar-refractivity contribution in [2.24, 2.45) is 5.73 Å². The van der Waals surface area contributed by atoms with Crippen molar-refractivity contribution in [1.82, 2.24) is 4.98 Å². The van der Waals surface area contributed by atoms with Crippen LogP contribution in [0.5, 0.6) is 5.75 Å². The van der Waals surface area contributed by atoms with E-state index >= 15 is 0 Å². The van der Waals surface area contributed by atoms with Crippen molar-refractivity contribution in [3.8, 4) is 5.75 Å². The molecule has 1 aromatic heterocycles. The number of aromatic nitrogens is 1. The summed E-state index contributed by atoms with van der Waals surface area (Å²) in [5.41, 5.74) is 6.87. The second-order valence-electron chi connectivity index (χ2n) is 3.62. The van der Waals surface area contributed by atoms with Gasteiger partial charge in [-0.2, -0.15) is 0 Å². The predicted octanol–water partition coefficient (Wildman–Crippen LogP) is 1.46. The molecule has 0 spiro atoms. The van der Waals surface area contributed by atoms with Crippen molar-refractivity contribution in [3.05, 3.63) is 40.2 Å². The highest BCUT2D eigenvalue weighted by Crippen LogP contribution is 2.18. The average Bonchev–Trinajstić information content (AvgIpc) is 2.30. The minimum atomic E-state index is -0.0776. The molecule has 0 aliphatic rings. The quantitative estimate of drug-likeness (QED) is 0.871. The molecule has 0 bridgehead atoms. The van der Waals surface area contributed by atoms with Gasteiger partial charge < -0.3 is 15.5 Å². The highest BCUT2D eigenvalue weighted by Gasteiger charge is 2.03. The monoisotopic (exact) mass is 254 g/mol. The van der Waals surface area contributed by atoms with Gasteiger partial charge in [0, 0.05) is 11.6 Å². The van der Waals surface area contributed by atoms with E-state index in [2.05, 4.69) is 4.98 Å². The molecule has 1 heterocycles. The Hall–Kier alpha value is -1.52. The Balaban J connectivity index is 0.00000144. The van der Waals surface area contributed by atoms with Crippen molar-refractivity contribution in [3.63, 3.8) is 0 Å². The third-order valence-electron chi connectivity index (χ3n) is 2.54. The molecular weight excluding hydrogens is 240 g/mol. The summed E-state index contributed by atoms with van der Waals surface area (Å²) < 4.78 is 5.10. The lowest BCUT2D eigenvalue weighted by Crippen LogP contribution is -2.16. The third-order valence-corrected chi connectivity index (χ3v) is 2.54.